The van der Waals surface area contributed by atoms with Crippen LogP contribution in [-0.4, -0.2) is 36.2 Å². The topological polar surface area (TPSA) is 76.1 Å². The predicted molar refractivity (Wildman–Crippen MR) is 109 cm³/mol. The highest BCUT2D eigenvalue weighted by molar-refractivity contribution is 5.73. The molecule has 3 rings (SSSR count). The van der Waals surface area contributed by atoms with E-state index in [4.69, 9.17) is 4.74 Å². The van der Waals surface area contributed by atoms with Crippen LogP contribution < -0.4 is 15.4 Å². The fourth-order valence-electron chi connectivity index (χ4n) is 2.72. The van der Waals surface area contributed by atoms with Gasteiger partial charge in [0.25, 0.3) is 0 Å². The molecule has 0 atom stereocenters. The van der Waals surface area contributed by atoms with E-state index < -0.39 is 0 Å². The number of rotatable bonds is 8. The van der Waals surface area contributed by atoms with Crippen LogP contribution in [0.3, 0.4) is 0 Å². The molecule has 0 fully saturated rings. The van der Waals surface area contributed by atoms with Crippen LogP contribution in [0.5, 0.6) is 5.75 Å². The Morgan fingerprint density at radius 3 is 2.07 bits per heavy atom. The lowest BCUT2D eigenvalue weighted by atomic mass is 10.1. The van der Waals surface area contributed by atoms with Gasteiger partial charge in [0.15, 0.2) is 5.82 Å². The van der Waals surface area contributed by atoms with Gasteiger partial charge in [-0.3, -0.25) is 0 Å². The van der Waals surface area contributed by atoms with Crippen LogP contribution in [0.1, 0.15) is 11.1 Å². The summed E-state index contributed by atoms with van der Waals surface area (Å²) in [6.45, 7) is 1.11. The van der Waals surface area contributed by atoms with Crippen molar-refractivity contribution in [2.45, 2.75) is 12.8 Å². The molecule has 28 heavy (non-hydrogen) atoms. The third-order valence-corrected chi connectivity index (χ3v) is 4.29. The smallest absolute Gasteiger partial charge is 0.314 e. The number of hydrogen-bond acceptors (Lipinski definition) is 4. The van der Waals surface area contributed by atoms with Gasteiger partial charge in [0.2, 0.25) is 0 Å². The van der Waals surface area contributed by atoms with E-state index in [9.17, 15) is 4.79 Å². The van der Waals surface area contributed by atoms with Gasteiger partial charge in [-0.15, -0.1) is 0 Å². The van der Waals surface area contributed by atoms with Gasteiger partial charge in [-0.05, 0) is 36.1 Å². The van der Waals surface area contributed by atoms with Gasteiger partial charge in [0.1, 0.15) is 5.75 Å². The molecule has 0 saturated carbocycles. The maximum absolute atomic E-state index is 11.9. The number of aromatic nitrogens is 2. The van der Waals surface area contributed by atoms with Crippen molar-refractivity contribution in [1.82, 2.24) is 20.6 Å². The van der Waals surface area contributed by atoms with Crippen molar-refractivity contribution in [3.05, 3.63) is 78.1 Å². The summed E-state index contributed by atoms with van der Waals surface area (Å²) in [5.41, 5.74) is 3.12. The number of nitrogens with zero attached hydrogens (tertiary/aromatic N) is 2. The Morgan fingerprint density at radius 2 is 1.46 bits per heavy atom. The molecular weight excluding hydrogens is 352 g/mol. The highest BCUT2D eigenvalue weighted by Crippen LogP contribution is 2.13. The molecule has 144 valence electrons. The minimum absolute atomic E-state index is 0.171. The Kier molecular flexibility index (Phi) is 6.95. The normalized spacial score (nSPS) is 10.3. The quantitative estimate of drug-likeness (QED) is 0.633. The van der Waals surface area contributed by atoms with E-state index in [0.29, 0.717) is 25.3 Å². The van der Waals surface area contributed by atoms with Gasteiger partial charge in [0.05, 0.1) is 7.11 Å². The summed E-state index contributed by atoms with van der Waals surface area (Å²) in [5, 5.41) is 5.72. The second-order valence-electron chi connectivity index (χ2n) is 6.31. The van der Waals surface area contributed by atoms with Gasteiger partial charge in [-0.2, -0.15) is 0 Å². The van der Waals surface area contributed by atoms with Crippen LogP contribution in [-0.2, 0) is 12.8 Å². The third-order valence-electron chi connectivity index (χ3n) is 4.29. The summed E-state index contributed by atoms with van der Waals surface area (Å²) in [4.78, 5) is 20.7. The average Bonchev–Trinajstić information content (AvgIpc) is 2.75. The van der Waals surface area contributed by atoms with Crippen LogP contribution in [0.15, 0.2) is 67.0 Å². The molecule has 3 aromatic rings. The summed E-state index contributed by atoms with van der Waals surface area (Å²) in [5.74, 6) is 1.53. The minimum Gasteiger partial charge on any atom is -0.497 e. The van der Waals surface area contributed by atoms with Gasteiger partial charge in [-0.25, -0.2) is 14.8 Å². The van der Waals surface area contributed by atoms with E-state index in [2.05, 4.69) is 20.6 Å². The largest absolute Gasteiger partial charge is 0.497 e. The Bertz CT molecular complexity index is 865. The number of amides is 2. The highest BCUT2D eigenvalue weighted by Gasteiger charge is 2.03. The molecule has 0 saturated heterocycles. The number of benzene rings is 2. The summed E-state index contributed by atoms with van der Waals surface area (Å²) < 4.78 is 5.13. The van der Waals surface area contributed by atoms with Crippen LogP contribution in [0.25, 0.3) is 11.4 Å². The number of methoxy groups -OCH3 is 1. The maximum atomic E-state index is 11.9. The fourth-order valence-corrected chi connectivity index (χ4v) is 2.72. The fraction of sp³-hybridized carbons (Fsp3) is 0.227. The van der Waals surface area contributed by atoms with Gasteiger partial charge in [-0.1, -0.05) is 42.5 Å². The second kappa shape index (κ2) is 10.1. The van der Waals surface area contributed by atoms with E-state index in [1.807, 2.05) is 54.6 Å². The standard InChI is InChI=1S/C22H24N4O2/c1-28-20-9-7-17(8-10-20)11-13-23-22(27)24-14-12-18-15-25-21(26-16-18)19-5-3-2-4-6-19/h2-10,15-16H,11-14H2,1H3,(H2,23,24,27). The van der Waals surface area contributed by atoms with Crippen molar-refractivity contribution in [2.75, 3.05) is 20.2 Å². The number of carbonyl (C=O) groups is 1. The average molecular weight is 376 g/mol. The third kappa shape index (κ3) is 5.81. The maximum Gasteiger partial charge on any atom is 0.314 e. The SMILES string of the molecule is COc1ccc(CCNC(=O)NCCc2cnc(-c3ccccc3)nc2)cc1. The van der Waals surface area contributed by atoms with E-state index in [1.54, 1.807) is 19.5 Å². The first-order valence-electron chi connectivity index (χ1n) is 9.25. The zero-order valence-corrected chi connectivity index (χ0v) is 15.9. The molecule has 0 radical (unpaired) electrons. The first-order valence-corrected chi connectivity index (χ1v) is 9.25. The van der Waals surface area contributed by atoms with E-state index in [1.165, 1.54) is 0 Å². The second-order valence-corrected chi connectivity index (χ2v) is 6.31. The molecule has 0 spiro atoms. The molecule has 2 aromatic carbocycles. The number of ether oxygens (including phenoxy) is 1. The summed E-state index contributed by atoms with van der Waals surface area (Å²) >= 11 is 0. The molecule has 0 aliphatic heterocycles. The zero-order chi connectivity index (χ0) is 19.6. The molecule has 0 bridgehead atoms. The van der Waals surface area contributed by atoms with E-state index in [-0.39, 0.29) is 6.03 Å². The van der Waals surface area contributed by atoms with Gasteiger partial charge in [0, 0.05) is 31.0 Å². The molecule has 6 heteroatoms. The van der Waals surface area contributed by atoms with Crippen molar-refractivity contribution in [3.63, 3.8) is 0 Å². The summed E-state index contributed by atoms with van der Waals surface area (Å²) in [7, 11) is 1.64. The number of nitrogens with one attached hydrogen (secondary N) is 2. The Labute approximate surface area is 165 Å². The highest BCUT2D eigenvalue weighted by atomic mass is 16.5. The Hall–Kier alpha value is -3.41. The van der Waals surface area contributed by atoms with E-state index in [0.717, 1.165) is 28.9 Å². The van der Waals surface area contributed by atoms with Gasteiger partial charge >= 0.3 is 6.03 Å². The van der Waals surface area contributed by atoms with Crippen LogP contribution >= 0.6 is 0 Å². The first-order chi connectivity index (χ1) is 13.7. The lowest BCUT2D eigenvalue weighted by molar-refractivity contribution is 0.241. The Morgan fingerprint density at radius 1 is 0.857 bits per heavy atom. The summed E-state index contributed by atoms with van der Waals surface area (Å²) in [6, 6.07) is 17.5. The molecule has 1 aromatic heterocycles. The predicted octanol–water partition coefficient (Wildman–Crippen LogP) is 3.24. The van der Waals surface area contributed by atoms with Crippen LogP contribution in [0.4, 0.5) is 4.79 Å². The van der Waals surface area contributed by atoms with Crippen LogP contribution in [0, 0.1) is 0 Å². The van der Waals surface area contributed by atoms with E-state index >= 15 is 0 Å². The van der Waals surface area contributed by atoms with Crippen molar-refractivity contribution in [1.29, 1.82) is 0 Å². The van der Waals surface area contributed by atoms with Gasteiger partial charge < -0.3 is 15.4 Å². The van der Waals surface area contributed by atoms with Crippen LogP contribution in [0.2, 0.25) is 0 Å². The molecule has 0 unspecified atom stereocenters. The molecule has 0 aliphatic rings. The van der Waals surface area contributed by atoms with Crippen molar-refractivity contribution in [3.8, 4) is 17.1 Å². The number of urea groups is 1. The summed E-state index contributed by atoms with van der Waals surface area (Å²) in [6.07, 6.45) is 5.06. The molecule has 6 nitrogen and oxygen atoms in total. The minimum atomic E-state index is -0.171. The Balaban J connectivity index is 1.35. The van der Waals surface area contributed by atoms with Crippen molar-refractivity contribution >= 4 is 6.03 Å². The first kappa shape index (κ1) is 19.4. The van der Waals surface area contributed by atoms with Crippen molar-refractivity contribution in [2.24, 2.45) is 0 Å². The molecule has 2 N–H and O–H groups in total. The zero-order valence-electron chi connectivity index (χ0n) is 15.9. The van der Waals surface area contributed by atoms with Crippen molar-refractivity contribution < 1.29 is 9.53 Å². The molecule has 1 heterocycles. The lowest BCUT2D eigenvalue weighted by Gasteiger charge is -2.08. The lowest BCUT2D eigenvalue weighted by Crippen LogP contribution is -2.37. The number of carbonyl (C=O) groups excluding carboxylic acids is 1. The molecule has 2 amide bonds. The monoisotopic (exact) mass is 376 g/mol. The number of hydrogen-bond donors (Lipinski definition) is 2. The molecule has 0 aliphatic carbocycles. The molecular formula is C22H24N4O2.